The van der Waals surface area contributed by atoms with Gasteiger partial charge in [0.15, 0.2) is 0 Å². The predicted molar refractivity (Wildman–Crippen MR) is 182 cm³/mol. The molecular weight excluding hydrogens is 584 g/mol. The number of aromatic nitrogens is 6. The van der Waals surface area contributed by atoms with Gasteiger partial charge in [0.25, 0.3) is 0 Å². The smallest absolute Gasteiger partial charge is 0.146 e. The van der Waals surface area contributed by atoms with Crippen molar-refractivity contribution in [2.75, 3.05) is 0 Å². The van der Waals surface area contributed by atoms with E-state index >= 15 is 0 Å². The lowest BCUT2D eigenvalue weighted by Crippen LogP contribution is -2.18. The third kappa shape index (κ3) is 6.81. The van der Waals surface area contributed by atoms with E-state index in [0.717, 1.165) is 33.2 Å². The highest BCUT2D eigenvalue weighted by molar-refractivity contribution is 6.31. The van der Waals surface area contributed by atoms with E-state index in [1.165, 1.54) is 4.80 Å². The second-order valence-electron chi connectivity index (χ2n) is 14.4. The van der Waals surface area contributed by atoms with E-state index in [1.807, 2.05) is 48.5 Å². The zero-order valence-electron chi connectivity index (χ0n) is 27.4. The molecule has 0 amide bonds. The van der Waals surface area contributed by atoms with Gasteiger partial charge in [-0.15, -0.1) is 30.0 Å². The Morgan fingerprint density at radius 3 is 1.60 bits per heavy atom. The van der Waals surface area contributed by atoms with E-state index in [0.29, 0.717) is 21.9 Å². The van der Waals surface area contributed by atoms with Crippen LogP contribution in [0.4, 0.5) is 0 Å². The maximum atomic E-state index is 10.9. The molecule has 0 unspecified atom stereocenters. The van der Waals surface area contributed by atoms with Crippen LogP contribution in [0.3, 0.4) is 0 Å². The largest absolute Gasteiger partial charge is 0.506 e. The lowest BCUT2D eigenvalue weighted by Gasteiger charge is -2.27. The maximum Gasteiger partial charge on any atom is 0.146 e. The van der Waals surface area contributed by atoms with Crippen LogP contribution >= 0.6 is 11.6 Å². The van der Waals surface area contributed by atoms with E-state index in [9.17, 15) is 10.2 Å². The molecule has 234 valence electrons. The summed E-state index contributed by atoms with van der Waals surface area (Å²) in [6.45, 7) is 19.2. The van der Waals surface area contributed by atoms with Crippen LogP contribution in [0.15, 0.2) is 72.8 Å². The summed E-state index contributed by atoms with van der Waals surface area (Å²) in [5, 5.41) is 39.5. The minimum atomic E-state index is -0.174. The lowest BCUT2D eigenvalue weighted by atomic mass is 9.80. The van der Waals surface area contributed by atoms with Crippen LogP contribution in [-0.4, -0.2) is 40.2 Å². The highest BCUT2D eigenvalue weighted by Gasteiger charge is 2.26. The van der Waals surface area contributed by atoms with Crippen LogP contribution in [0, 0.1) is 0 Å². The molecule has 0 spiro atoms. The van der Waals surface area contributed by atoms with Gasteiger partial charge in [0, 0.05) is 10.6 Å². The highest BCUT2D eigenvalue weighted by atomic mass is 35.5. The molecule has 0 radical (unpaired) electrons. The van der Waals surface area contributed by atoms with Crippen molar-refractivity contribution in [3.05, 3.63) is 94.5 Å². The van der Waals surface area contributed by atoms with Crippen molar-refractivity contribution in [1.29, 1.82) is 0 Å². The SMILES string of the molecule is CC(C)(C)c1cc(-n2nc3ccccc3n2)c(O)c(C(C)(C)C)c1.CC(C)(C)c1ccc(O)c(-n2nc3ccc(Cl)cc3n2)c1. The summed E-state index contributed by atoms with van der Waals surface area (Å²) in [5.41, 5.74) is 7.20. The van der Waals surface area contributed by atoms with Crippen LogP contribution in [0.2, 0.25) is 5.02 Å². The molecule has 0 aliphatic carbocycles. The van der Waals surface area contributed by atoms with Gasteiger partial charge in [-0.3, -0.25) is 0 Å². The molecule has 2 N–H and O–H groups in total. The Morgan fingerprint density at radius 1 is 0.533 bits per heavy atom. The Morgan fingerprint density at radius 2 is 1.04 bits per heavy atom. The Labute approximate surface area is 269 Å². The van der Waals surface area contributed by atoms with Gasteiger partial charge in [-0.25, -0.2) is 0 Å². The molecule has 6 aromatic rings. The maximum absolute atomic E-state index is 10.9. The lowest BCUT2D eigenvalue weighted by molar-refractivity contribution is 0.438. The molecule has 0 aliphatic rings. The van der Waals surface area contributed by atoms with Gasteiger partial charge in [-0.2, -0.15) is 0 Å². The Balaban J connectivity index is 0.000000179. The van der Waals surface area contributed by atoms with Crippen LogP contribution in [0.1, 0.15) is 79.0 Å². The molecule has 8 nitrogen and oxygen atoms in total. The van der Waals surface area contributed by atoms with Crippen molar-refractivity contribution in [2.45, 2.75) is 78.6 Å². The summed E-state index contributed by atoms with van der Waals surface area (Å²) in [7, 11) is 0. The molecule has 9 heteroatoms. The first kappa shape index (κ1) is 32.0. The third-order valence-electron chi connectivity index (χ3n) is 7.67. The standard InChI is InChI=1S/C20H25N3O.C16H16ClN3O/c1-19(2,3)13-11-14(20(4,5)6)18(24)17(12-13)23-21-15-9-7-8-10-16(15)22-23;1-16(2,3)10-4-7-15(21)14(8-10)20-18-12-6-5-11(17)9-13(12)19-20/h7-12,24H,1-6H3;4-9,21H,1-3H3. The van der Waals surface area contributed by atoms with Crippen molar-refractivity contribution in [3.8, 4) is 22.9 Å². The topological polar surface area (TPSA) is 102 Å². The zero-order chi connectivity index (χ0) is 32.9. The van der Waals surface area contributed by atoms with Crippen molar-refractivity contribution < 1.29 is 10.2 Å². The fourth-order valence-corrected chi connectivity index (χ4v) is 5.06. The summed E-state index contributed by atoms with van der Waals surface area (Å²) >= 11 is 5.96. The predicted octanol–water partition coefficient (Wildman–Crippen LogP) is 8.80. The number of benzene rings is 4. The first-order valence-electron chi connectivity index (χ1n) is 15.0. The quantitative estimate of drug-likeness (QED) is 0.200. The number of halogens is 1. The molecule has 6 rings (SSSR count). The first-order chi connectivity index (χ1) is 20.9. The second-order valence-corrected chi connectivity index (χ2v) is 14.9. The van der Waals surface area contributed by atoms with Gasteiger partial charge in [0.1, 0.15) is 44.9 Å². The number of nitrogens with zero attached hydrogens (tertiary/aromatic N) is 6. The van der Waals surface area contributed by atoms with E-state index in [4.69, 9.17) is 11.6 Å². The summed E-state index contributed by atoms with van der Waals surface area (Å²) in [6, 6.07) is 22.7. The van der Waals surface area contributed by atoms with Gasteiger partial charge >= 0.3 is 0 Å². The Bertz CT molecular complexity index is 1970. The van der Waals surface area contributed by atoms with Gasteiger partial charge < -0.3 is 10.2 Å². The zero-order valence-corrected chi connectivity index (χ0v) is 28.1. The molecule has 2 heterocycles. The summed E-state index contributed by atoms with van der Waals surface area (Å²) in [5.74, 6) is 0.394. The number of hydrogen-bond acceptors (Lipinski definition) is 6. The molecule has 2 aromatic heterocycles. The van der Waals surface area contributed by atoms with E-state index in [1.54, 1.807) is 23.0 Å². The molecule has 0 aliphatic heterocycles. The minimum absolute atomic E-state index is 0.0155. The van der Waals surface area contributed by atoms with Gasteiger partial charge in [-0.05, 0) is 75.9 Å². The molecule has 0 saturated heterocycles. The van der Waals surface area contributed by atoms with Crippen molar-refractivity contribution >= 4 is 33.7 Å². The van der Waals surface area contributed by atoms with E-state index in [2.05, 4.69) is 88.8 Å². The molecule has 4 aromatic carbocycles. The first-order valence-corrected chi connectivity index (χ1v) is 15.4. The molecule has 0 fully saturated rings. The second kappa shape index (κ2) is 11.5. The monoisotopic (exact) mass is 624 g/mol. The van der Waals surface area contributed by atoms with E-state index < -0.39 is 0 Å². The van der Waals surface area contributed by atoms with Gasteiger partial charge in [0.05, 0.1) is 0 Å². The van der Waals surface area contributed by atoms with Crippen LogP contribution < -0.4 is 0 Å². The number of aromatic hydroxyl groups is 2. The van der Waals surface area contributed by atoms with Crippen LogP contribution in [-0.2, 0) is 16.2 Å². The normalized spacial score (nSPS) is 12.4. The molecule has 45 heavy (non-hydrogen) atoms. The number of hydrogen-bond donors (Lipinski definition) is 2. The number of phenols is 2. The highest BCUT2D eigenvalue weighted by Crippen LogP contribution is 2.39. The average Bonchev–Trinajstić information content (AvgIpc) is 3.55. The molecule has 0 bridgehead atoms. The molecule has 0 atom stereocenters. The van der Waals surface area contributed by atoms with Crippen LogP contribution in [0.25, 0.3) is 33.4 Å². The van der Waals surface area contributed by atoms with Gasteiger partial charge in [-0.1, -0.05) is 98.2 Å². The average molecular weight is 625 g/mol. The van der Waals surface area contributed by atoms with Crippen molar-refractivity contribution in [3.63, 3.8) is 0 Å². The number of fused-ring (bicyclic) bond motifs is 2. The van der Waals surface area contributed by atoms with Crippen molar-refractivity contribution in [1.82, 2.24) is 30.0 Å². The summed E-state index contributed by atoms with van der Waals surface area (Å²) < 4.78 is 0. The van der Waals surface area contributed by atoms with Gasteiger partial charge in [0.2, 0.25) is 0 Å². The fraction of sp³-hybridized carbons (Fsp3) is 0.333. The third-order valence-corrected chi connectivity index (χ3v) is 7.90. The molecule has 0 saturated carbocycles. The van der Waals surface area contributed by atoms with Crippen molar-refractivity contribution in [2.24, 2.45) is 0 Å². The molecular formula is C36H41ClN6O2. The number of phenolic OH excluding ortho intramolecular Hbond substituents is 2. The summed E-state index contributed by atoms with van der Waals surface area (Å²) in [4.78, 5) is 3.00. The van der Waals surface area contributed by atoms with E-state index in [-0.39, 0.29) is 27.7 Å². The Kier molecular flexibility index (Phi) is 8.17. The minimum Gasteiger partial charge on any atom is -0.506 e. The van der Waals surface area contributed by atoms with Crippen LogP contribution in [0.5, 0.6) is 11.5 Å². The Hall–Kier alpha value is -4.43. The summed E-state index contributed by atoms with van der Waals surface area (Å²) in [6.07, 6.45) is 0. The number of rotatable bonds is 2. The fourth-order valence-electron chi connectivity index (χ4n) is 4.89.